The average Bonchev–Trinajstić information content (AvgIpc) is 2.86. The van der Waals surface area contributed by atoms with Gasteiger partial charge in [0.15, 0.2) is 0 Å². The normalized spacial score (nSPS) is 41.2. The molecule has 0 aromatic heterocycles. The van der Waals surface area contributed by atoms with Gasteiger partial charge in [-0.05, 0) is 31.6 Å². The molecular weight excluding hydrogens is 152 g/mol. The summed E-state index contributed by atoms with van der Waals surface area (Å²) >= 11 is 0. The molecule has 0 aromatic carbocycles. The molecule has 0 bridgehead atoms. The highest BCUT2D eigenvalue weighted by molar-refractivity contribution is 4.78. The summed E-state index contributed by atoms with van der Waals surface area (Å²) in [6, 6.07) is 0. The third-order valence-corrected chi connectivity index (χ3v) is 3.13. The van der Waals surface area contributed by atoms with Gasteiger partial charge in [-0.2, -0.15) is 0 Å². The predicted octanol–water partition coefficient (Wildman–Crippen LogP) is 1.72. The summed E-state index contributed by atoms with van der Waals surface area (Å²) in [6.45, 7) is 0.961. The minimum Gasteiger partial charge on any atom is -0.393 e. The molecule has 1 heterocycles. The first-order valence-corrected chi connectivity index (χ1v) is 5.16. The Labute approximate surface area is 73.9 Å². The van der Waals surface area contributed by atoms with Crippen LogP contribution in [0.2, 0.25) is 0 Å². The lowest BCUT2D eigenvalue weighted by molar-refractivity contribution is 0.0631. The second kappa shape index (κ2) is 3.75. The molecule has 1 aliphatic heterocycles. The molecule has 2 nitrogen and oxygen atoms in total. The van der Waals surface area contributed by atoms with Crippen molar-refractivity contribution in [3.05, 3.63) is 0 Å². The Bertz CT molecular complexity index is 143. The molecule has 0 spiro atoms. The van der Waals surface area contributed by atoms with Crippen molar-refractivity contribution in [2.45, 2.75) is 50.7 Å². The number of hydrogen-bond donors (Lipinski definition) is 1. The summed E-state index contributed by atoms with van der Waals surface area (Å²) in [5.74, 6) is 0.572. The van der Waals surface area contributed by atoms with Crippen LogP contribution in [0.1, 0.15) is 38.5 Å². The summed E-state index contributed by atoms with van der Waals surface area (Å²) in [5, 5.41) is 9.66. The maximum Gasteiger partial charge on any atom is 0.0810 e. The van der Waals surface area contributed by atoms with Crippen molar-refractivity contribution in [2.75, 3.05) is 6.61 Å². The van der Waals surface area contributed by atoms with Crippen LogP contribution in [0, 0.1) is 5.92 Å². The van der Waals surface area contributed by atoms with Crippen LogP contribution in [0.15, 0.2) is 0 Å². The first-order valence-electron chi connectivity index (χ1n) is 5.16. The van der Waals surface area contributed by atoms with Gasteiger partial charge in [0, 0.05) is 0 Å². The fourth-order valence-electron chi connectivity index (χ4n) is 2.16. The molecule has 0 aromatic rings. The SMILES string of the molecule is OC1CCCCC1CCC1CO1. The fraction of sp³-hybridized carbons (Fsp3) is 1.00. The van der Waals surface area contributed by atoms with E-state index < -0.39 is 0 Å². The van der Waals surface area contributed by atoms with Crippen molar-refractivity contribution in [1.29, 1.82) is 0 Å². The lowest BCUT2D eigenvalue weighted by atomic mass is 9.83. The predicted molar refractivity (Wildman–Crippen MR) is 46.9 cm³/mol. The molecule has 3 unspecified atom stereocenters. The summed E-state index contributed by atoms with van der Waals surface area (Å²) in [5.41, 5.74) is 0. The first kappa shape index (κ1) is 8.52. The van der Waals surface area contributed by atoms with Crippen molar-refractivity contribution in [2.24, 2.45) is 5.92 Å². The Morgan fingerprint density at radius 3 is 2.58 bits per heavy atom. The zero-order chi connectivity index (χ0) is 8.39. The third kappa shape index (κ3) is 2.20. The average molecular weight is 170 g/mol. The molecule has 1 N–H and O–H groups in total. The van der Waals surface area contributed by atoms with Crippen LogP contribution in [-0.2, 0) is 4.74 Å². The molecule has 1 saturated heterocycles. The Balaban J connectivity index is 1.68. The summed E-state index contributed by atoms with van der Waals surface area (Å²) < 4.78 is 5.15. The molecule has 2 rings (SSSR count). The zero-order valence-corrected chi connectivity index (χ0v) is 7.54. The van der Waals surface area contributed by atoms with Gasteiger partial charge >= 0.3 is 0 Å². The van der Waals surface area contributed by atoms with Crippen molar-refractivity contribution in [3.63, 3.8) is 0 Å². The Morgan fingerprint density at radius 1 is 1.17 bits per heavy atom. The quantitative estimate of drug-likeness (QED) is 0.654. The van der Waals surface area contributed by atoms with Crippen molar-refractivity contribution in [1.82, 2.24) is 0 Å². The number of ether oxygens (including phenoxy) is 1. The fourth-order valence-corrected chi connectivity index (χ4v) is 2.16. The highest BCUT2D eigenvalue weighted by atomic mass is 16.6. The Hall–Kier alpha value is -0.0800. The highest BCUT2D eigenvalue weighted by Crippen LogP contribution is 2.30. The van der Waals surface area contributed by atoms with E-state index >= 15 is 0 Å². The summed E-state index contributed by atoms with van der Waals surface area (Å²) in [6.07, 6.45) is 7.65. The van der Waals surface area contributed by atoms with Gasteiger partial charge in [-0.1, -0.05) is 12.8 Å². The van der Waals surface area contributed by atoms with E-state index in [9.17, 15) is 5.11 Å². The van der Waals surface area contributed by atoms with Gasteiger partial charge in [0.05, 0.1) is 18.8 Å². The standard InChI is InChI=1S/C10H18O2/c11-10-4-2-1-3-8(10)5-6-9-7-12-9/h8-11H,1-7H2. The Kier molecular flexibility index (Phi) is 2.66. The lowest BCUT2D eigenvalue weighted by Gasteiger charge is -2.27. The number of hydrogen-bond acceptors (Lipinski definition) is 2. The van der Waals surface area contributed by atoms with Gasteiger partial charge in [0.25, 0.3) is 0 Å². The maximum absolute atomic E-state index is 9.66. The molecule has 12 heavy (non-hydrogen) atoms. The topological polar surface area (TPSA) is 32.8 Å². The van der Waals surface area contributed by atoms with E-state index in [1.165, 1.54) is 32.1 Å². The minimum atomic E-state index is -0.0162. The van der Waals surface area contributed by atoms with E-state index in [0.717, 1.165) is 13.0 Å². The first-order chi connectivity index (χ1) is 5.86. The third-order valence-electron chi connectivity index (χ3n) is 3.13. The van der Waals surface area contributed by atoms with E-state index in [1.807, 2.05) is 0 Å². The van der Waals surface area contributed by atoms with Crippen LogP contribution in [0.3, 0.4) is 0 Å². The number of rotatable bonds is 3. The van der Waals surface area contributed by atoms with Gasteiger partial charge in [-0.3, -0.25) is 0 Å². The van der Waals surface area contributed by atoms with Crippen LogP contribution in [0.5, 0.6) is 0 Å². The smallest absolute Gasteiger partial charge is 0.0810 e. The molecule has 0 amide bonds. The molecule has 2 heteroatoms. The van der Waals surface area contributed by atoms with Gasteiger partial charge in [-0.25, -0.2) is 0 Å². The minimum absolute atomic E-state index is 0.0162. The van der Waals surface area contributed by atoms with Crippen LogP contribution in [-0.4, -0.2) is 23.9 Å². The Morgan fingerprint density at radius 2 is 1.92 bits per heavy atom. The summed E-state index contributed by atoms with van der Waals surface area (Å²) in [4.78, 5) is 0. The molecule has 2 fully saturated rings. The van der Waals surface area contributed by atoms with Gasteiger partial charge < -0.3 is 9.84 Å². The van der Waals surface area contributed by atoms with E-state index in [-0.39, 0.29) is 6.10 Å². The largest absolute Gasteiger partial charge is 0.393 e. The van der Waals surface area contributed by atoms with Gasteiger partial charge in [-0.15, -0.1) is 0 Å². The van der Waals surface area contributed by atoms with Gasteiger partial charge in [0.1, 0.15) is 0 Å². The molecule has 0 radical (unpaired) electrons. The van der Waals surface area contributed by atoms with Crippen molar-refractivity contribution < 1.29 is 9.84 Å². The molecule has 70 valence electrons. The number of epoxide rings is 1. The van der Waals surface area contributed by atoms with Crippen molar-refractivity contribution >= 4 is 0 Å². The van der Waals surface area contributed by atoms with E-state index in [0.29, 0.717) is 12.0 Å². The van der Waals surface area contributed by atoms with Crippen molar-refractivity contribution in [3.8, 4) is 0 Å². The molecule has 1 aliphatic carbocycles. The molecular formula is C10H18O2. The van der Waals surface area contributed by atoms with E-state index in [4.69, 9.17) is 4.74 Å². The summed E-state index contributed by atoms with van der Waals surface area (Å²) in [7, 11) is 0. The van der Waals surface area contributed by atoms with Gasteiger partial charge in [0.2, 0.25) is 0 Å². The lowest BCUT2D eigenvalue weighted by Crippen LogP contribution is -2.24. The van der Waals surface area contributed by atoms with E-state index in [2.05, 4.69) is 0 Å². The number of aliphatic hydroxyl groups is 1. The second-order valence-corrected chi connectivity index (χ2v) is 4.14. The zero-order valence-electron chi connectivity index (χ0n) is 7.54. The molecule has 3 atom stereocenters. The second-order valence-electron chi connectivity index (χ2n) is 4.14. The van der Waals surface area contributed by atoms with Crippen LogP contribution >= 0.6 is 0 Å². The van der Waals surface area contributed by atoms with E-state index in [1.54, 1.807) is 0 Å². The monoisotopic (exact) mass is 170 g/mol. The molecule has 2 aliphatic rings. The van der Waals surface area contributed by atoms with Crippen LogP contribution in [0.25, 0.3) is 0 Å². The molecule has 1 saturated carbocycles. The highest BCUT2D eigenvalue weighted by Gasteiger charge is 2.27. The van der Waals surface area contributed by atoms with Crippen LogP contribution < -0.4 is 0 Å². The van der Waals surface area contributed by atoms with Crippen LogP contribution in [0.4, 0.5) is 0 Å². The maximum atomic E-state index is 9.66. The number of aliphatic hydroxyl groups excluding tert-OH is 1.